The highest BCUT2D eigenvalue weighted by Crippen LogP contribution is 2.33. The van der Waals surface area contributed by atoms with Gasteiger partial charge in [-0.3, -0.25) is 9.78 Å². The molecule has 1 amide bonds. The smallest absolute Gasteiger partial charge is 0.408 e. The van der Waals surface area contributed by atoms with Crippen molar-refractivity contribution in [3.63, 3.8) is 0 Å². The number of nitrogens with one attached hydrogen (secondary N) is 1. The predicted molar refractivity (Wildman–Crippen MR) is 95.1 cm³/mol. The molecule has 0 radical (unpaired) electrons. The Morgan fingerprint density at radius 1 is 1.19 bits per heavy atom. The SMILES string of the molecule is O=C(c1cccc2oc(=O)[nH]c12)N1C[C@H]2CN(CC3CCOC3)C[C@H]2C1. The molecule has 26 heavy (non-hydrogen) atoms. The van der Waals surface area contributed by atoms with Gasteiger partial charge in [-0.15, -0.1) is 0 Å². The Morgan fingerprint density at radius 3 is 2.73 bits per heavy atom. The maximum Gasteiger partial charge on any atom is 0.417 e. The lowest BCUT2D eigenvalue weighted by molar-refractivity contribution is 0.0774. The molecule has 1 N–H and O–H groups in total. The molecule has 5 rings (SSSR count). The van der Waals surface area contributed by atoms with E-state index in [1.165, 1.54) is 6.42 Å². The van der Waals surface area contributed by atoms with Gasteiger partial charge in [-0.05, 0) is 36.3 Å². The Kier molecular flexibility index (Phi) is 3.86. The minimum atomic E-state index is -0.523. The number of carbonyl (C=O) groups excluding carboxylic acids is 1. The third-order valence-corrected chi connectivity index (χ3v) is 6.08. The number of benzene rings is 1. The maximum atomic E-state index is 13.0. The molecule has 3 atom stereocenters. The molecule has 138 valence electrons. The predicted octanol–water partition coefficient (Wildman–Crippen LogP) is 1.16. The Labute approximate surface area is 150 Å². The average Bonchev–Trinajstić information content (AvgIpc) is 3.36. The first kappa shape index (κ1) is 16.1. The number of oxazole rings is 1. The molecular formula is C19H23N3O4. The lowest BCUT2D eigenvalue weighted by Gasteiger charge is -2.23. The summed E-state index contributed by atoms with van der Waals surface area (Å²) in [6, 6.07) is 5.22. The number of amides is 1. The lowest BCUT2D eigenvalue weighted by Crippen LogP contribution is -2.35. The van der Waals surface area contributed by atoms with Crippen LogP contribution in [0.5, 0.6) is 0 Å². The number of fused-ring (bicyclic) bond motifs is 2. The van der Waals surface area contributed by atoms with E-state index in [0.717, 1.165) is 45.9 Å². The van der Waals surface area contributed by atoms with Crippen molar-refractivity contribution < 1.29 is 13.9 Å². The molecular weight excluding hydrogens is 334 g/mol. The first-order valence-electron chi connectivity index (χ1n) is 9.38. The molecule has 3 aliphatic rings. The number of aromatic amines is 1. The number of ether oxygens (including phenoxy) is 1. The van der Waals surface area contributed by atoms with Gasteiger partial charge >= 0.3 is 5.76 Å². The van der Waals surface area contributed by atoms with E-state index < -0.39 is 5.76 Å². The van der Waals surface area contributed by atoms with Gasteiger partial charge in [-0.2, -0.15) is 0 Å². The van der Waals surface area contributed by atoms with Gasteiger partial charge in [0.2, 0.25) is 0 Å². The number of rotatable bonds is 3. The molecule has 7 heteroatoms. The van der Waals surface area contributed by atoms with Gasteiger partial charge in [0, 0.05) is 39.3 Å². The van der Waals surface area contributed by atoms with Gasteiger partial charge in [-0.25, -0.2) is 4.79 Å². The van der Waals surface area contributed by atoms with Crippen LogP contribution in [-0.2, 0) is 4.74 Å². The van der Waals surface area contributed by atoms with Crippen molar-refractivity contribution in [1.29, 1.82) is 0 Å². The van der Waals surface area contributed by atoms with Crippen molar-refractivity contribution in [2.45, 2.75) is 6.42 Å². The fourth-order valence-electron chi connectivity index (χ4n) is 4.82. The highest BCUT2D eigenvalue weighted by molar-refractivity contribution is 6.04. The van der Waals surface area contributed by atoms with Crippen LogP contribution < -0.4 is 5.76 Å². The highest BCUT2D eigenvalue weighted by atomic mass is 16.5. The molecule has 7 nitrogen and oxygen atoms in total. The van der Waals surface area contributed by atoms with Gasteiger partial charge in [0.25, 0.3) is 5.91 Å². The van der Waals surface area contributed by atoms with Crippen LogP contribution in [0.4, 0.5) is 0 Å². The zero-order valence-electron chi connectivity index (χ0n) is 14.6. The van der Waals surface area contributed by atoms with Crippen LogP contribution in [0.1, 0.15) is 16.8 Å². The Bertz CT molecular complexity index is 868. The number of aromatic nitrogens is 1. The molecule has 0 spiro atoms. The van der Waals surface area contributed by atoms with E-state index in [0.29, 0.717) is 34.4 Å². The number of H-pyrrole nitrogens is 1. The third-order valence-electron chi connectivity index (χ3n) is 6.08. The monoisotopic (exact) mass is 357 g/mol. The summed E-state index contributed by atoms with van der Waals surface area (Å²) in [7, 11) is 0. The Hall–Kier alpha value is -2.12. The summed E-state index contributed by atoms with van der Waals surface area (Å²) in [5.41, 5.74) is 1.46. The molecule has 0 bridgehead atoms. The number of hydrogen-bond donors (Lipinski definition) is 1. The number of hydrogen-bond acceptors (Lipinski definition) is 5. The summed E-state index contributed by atoms with van der Waals surface area (Å²) in [6.45, 7) is 6.63. The van der Waals surface area contributed by atoms with Crippen LogP contribution in [0.3, 0.4) is 0 Å². The average molecular weight is 357 g/mol. The van der Waals surface area contributed by atoms with Crippen molar-refractivity contribution in [3.8, 4) is 0 Å². The number of para-hydroxylation sites is 1. The molecule has 4 heterocycles. The summed E-state index contributed by atoms with van der Waals surface area (Å²) >= 11 is 0. The topological polar surface area (TPSA) is 78.8 Å². The minimum absolute atomic E-state index is 0.0159. The largest absolute Gasteiger partial charge is 0.417 e. The van der Waals surface area contributed by atoms with Crippen molar-refractivity contribution in [2.75, 3.05) is 45.9 Å². The van der Waals surface area contributed by atoms with Crippen LogP contribution in [0.15, 0.2) is 27.4 Å². The van der Waals surface area contributed by atoms with Gasteiger partial charge in [-0.1, -0.05) is 6.07 Å². The molecule has 3 saturated heterocycles. The fraction of sp³-hybridized carbons (Fsp3) is 0.579. The van der Waals surface area contributed by atoms with Crippen LogP contribution >= 0.6 is 0 Å². The summed E-state index contributed by atoms with van der Waals surface area (Å²) < 4.78 is 10.6. The van der Waals surface area contributed by atoms with Crippen LogP contribution in [0.2, 0.25) is 0 Å². The van der Waals surface area contributed by atoms with E-state index in [2.05, 4.69) is 9.88 Å². The highest BCUT2D eigenvalue weighted by Gasteiger charge is 2.42. The van der Waals surface area contributed by atoms with Crippen LogP contribution in [0.25, 0.3) is 11.1 Å². The molecule has 1 aromatic heterocycles. The third kappa shape index (κ3) is 2.75. The standard InChI is InChI=1S/C19H23N3O4/c23-18(15-2-1-3-16-17(15)20-19(24)26-16)22-9-13-7-21(8-14(13)10-22)6-12-4-5-25-11-12/h1-3,12-14H,4-11H2,(H,20,24)/t12?,13-,14+. The van der Waals surface area contributed by atoms with Gasteiger partial charge in [0.05, 0.1) is 17.7 Å². The molecule has 0 saturated carbocycles. The molecule has 0 aliphatic carbocycles. The maximum absolute atomic E-state index is 13.0. The quantitative estimate of drug-likeness (QED) is 0.892. The second-order valence-electron chi connectivity index (χ2n) is 7.87. The summed E-state index contributed by atoms with van der Waals surface area (Å²) in [5.74, 6) is 1.22. The second-order valence-corrected chi connectivity index (χ2v) is 7.87. The molecule has 3 aliphatic heterocycles. The van der Waals surface area contributed by atoms with Gasteiger partial charge in [0.15, 0.2) is 5.58 Å². The van der Waals surface area contributed by atoms with Crippen LogP contribution in [-0.4, -0.2) is 66.6 Å². The lowest BCUT2D eigenvalue weighted by atomic mass is 10.0. The zero-order valence-corrected chi connectivity index (χ0v) is 14.6. The first-order valence-corrected chi connectivity index (χ1v) is 9.38. The minimum Gasteiger partial charge on any atom is -0.408 e. The fourth-order valence-corrected chi connectivity index (χ4v) is 4.82. The van der Waals surface area contributed by atoms with E-state index >= 15 is 0 Å². The summed E-state index contributed by atoms with van der Waals surface area (Å²) in [4.78, 5) is 31.6. The first-order chi connectivity index (χ1) is 12.7. The molecule has 2 aromatic rings. The van der Waals surface area contributed by atoms with E-state index in [1.807, 2.05) is 4.90 Å². The van der Waals surface area contributed by atoms with Crippen molar-refractivity contribution in [2.24, 2.45) is 17.8 Å². The van der Waals surface area contributed by atoms with Gasteiger partial charge in [0.1, 0.15) is 0 Å². The van der Waals surface area contributed by atoms with E-state index in [4.69, 9.17) is 9.15 Å². The van der Waals surface area contributed by atoms with Crippen LogP contribution in [0, 0.1) is 17.8 Å². The number of carbonyl (C=O) groups is 1. The van der Waals surface area contributed by atoms with E-state index in [1.54, 1.807) is 18.2 Å². The Morgan fingerprint density at radius 2 is 2.00 bits per heavy atom. The van der Waals surface area contributed by atoms with E-state index in [9.17, 15) is 9.59 Å². The van der Waals surface area contributed by atoms with Crippen molar-refractivity contribution >= 4 is 17.0 Å². The summed E-state index contributed by atoms with van der Waals surface area (Å²) in [5, 5.41) is 0. The Balaban J connectivity index is 1.27. The molecule has 1 unspecified atom stereocenters. The molecule has 3 fully saturated rings. The van der Waals surface area contributed by atoms with Gasteiger partial charge < -0.3 is 19.0 Å². The second kappa shape index (κ2) is 6.25. The summed E-state index contributed by atoms with van der Waals surface area (Å²) in [6.07, 6.45) is 1.17. The number of nitrogens with zero attached hydrogens (tertiary/aromatic N) is 2. The zero-order chi connectivity index (χ0) is 17.7. The normalized spacial score (nSPS) is 28.9. The van der Waals surface area contributed by atoms with E-state index in [-0.39, 0.29) is 5.91 Å². The number of likely N-dealkylation sites (tertiary alicyclic amines) is 2. The molecule has 1 aromatic carbocycles. The van der Waals surface area contributed by atoms with Crippen molar-refractivity contribution in [1.82, 2.24) is 14.8 Å². The van der Waals surface area contributed by atoms with Crippen molar-refractivity contribution in [3.05, 3.63) is 34.3 Å².